The van der Waals surface area contributed by atoms with Crippen molar-refractivity contribution in [3.8, 4) is 5.75 Å². The predicted molar refractivity (Wildman–Crippen MR) is 89.0 cm³/mol. The minimum absolute atomic E-state index is 0.0473. The van der Waals surface area contributed by atoms with E-state index in [1.807, 2.05) is 29.2 Å². The van der Waals surface area contributed by atoms with Gasteiger partial charge in [0, 0.05) is 32.5 Å². The molecule has 1 fully saturated rings. The molecule has 23 heavy (non-hydrogen) atoms. The minimum atomic E-state index is -0.0473. The molecule has 1 aromatic rings. The van der Waals surface area contributed by atoms with E-state index in [0.29, 0.717) is 19.1 Å². The van der Waals surface area contributed by atoms with Crippen LogP contribution < -0.4 is 10.1 Å². The van der Waals surface area contributed by atoms with Gasteiger partial charge in [-0.2, -0.15) is 0 Å². The summed E-state index contributed by atoms with van der Waals surface area (Å²) in [5.74, 6) is 1.30. The first-order chi connectivity index (χ1) is 11.2. The van der Waals surface area contributed by atoms with Crippen molar-refractivity contribution in [2.75, 3.05) is 52.4 Å². The Balaban J connectivity index is 1.70. The Morgan fingerprint density at radius 2 is 1.87 bits per heavy atom. The normalized spacial score (nSPS) is 15.5. The number of benzene rings is 1. The summed E-state index contributed by atoms with van der Waals surface area (Å²) in [6, 6.07) is 7.30. The summed E-state index contributed by atoms with van der Waals surface area (Å²) in [5.41, 5.74) is 0.779. The summed E-state index contributed by atoms with van der Waals surface area (Å²) < 4.78 is 15.6. The molecule has 1 aliphatic heterocycles. The molecule has 0 bridgehead atoms. The number of anilines is 1. The molecule has 0 unspecified atom stereocenters. The first-order valence-corrected chi connectivity index (χ1v) is 7.99. The Hall–Kier alpha value is -1.79. The third-order valence-corrected chi connectivity index (χ3v) is 4.03. The molecule has 0 spiro atoms. The molecule has 0 radical (unpaired) electrons. The summed E-state index contributed by atoms with van der Waals surface area (Å²) in [4.78, 5) is 14.1. The van der Waals surface area contributed by atoms with E-state index in [9.17, 15) is 4.79 Å². The summed E-state index contributed by atoms with van der Waals surface area (Å²) in [6.45, 7) is 3.54. The van der Waals surface area contributed by atoms with Crippen molar-refractivity contribution < 1.29 is 19.0 Å². The van der Waals surface area contributed by atoms with E-state index < -0.39 is 0 Å². The van der Waals surface area contributed by atoms with Crippen LogP contribution in [0.5, 0.6) is 5.75 Å². The van der Waals surface area contributed by atoms with Crippen molar-refractivity contribution in [3.63, 3.8) is 0 Å². The van der Waals surface area contributed by atoms with Gasteiger partial charge in [0.1, 0.15) is 5.75 Å². The number of amides is 2. The maximum Gasteiger partial charge on any atom is 0.321 e. The second-order valence-electron chi connectivity index (χ2n) is 5.66. The molecule has 0 aromatic heterocycles. The molecule has 0 atom stereocenters. The third kappa shape index (κ3) is 5.73. The zero-order valence-electron chi connectivity index (χ0n) is 13.9. The van der Waals surface area contributed by atoms with Crippen LogP contribution in [0.25, 0.3) is 0 Å². The lowest BCUT2D eigenvalue weighted by Crippen LogP contribution is -2.41. The molecular weight excluding hydrogens is 296 g/mol. The molecular formula is C17H26N2O4. The highest BCUT2D eigenvalue weighted by atomic mass is 16.5. The zero-order chi connectivity index (χ0) is 16.5. The minimum Gasteiger partial charge on any atom is -0.497 e. The molecule has 6 nitrogen and oxygen atoms in total. The van der Waals surface area contributed by atoms with Crippen molar-refractivity contribution in [1.82, 2.24) is 4.90 Å². The predicted octanol–water partition coefficient (Wildman–Crippen LogP) is 2.60. The number of hydrogen-bond donors (Lipinski definition) is 1. The number of likely N-dealkylation sites (tertiary alicyclic amines) is 1. The first-order valence-electron chi connectivity index (χ1n) is 7.99. The zero-order valence-corrected chi connectivity index (χ0v) is 13.9. The van der Waals surface area contributed by atoms with Gasteiger partial charge >= 0.3 is 6.03 Å². The molecule has 2 rings (SSSR count). The van der Waals surface area contributed by atoms with E-state index in [1.165, 1.54) is 0 Å². The second kappa shape index (κ2) is 9.37. The molecule has 1 heterocycles. The quantitative estimate of drug-likeness (QED) is 0.784. The summed E-state index contributed by atoms with van der Waals surface area (Å²) in [6.07, 6.45) is 1.95. The largest absolute Gasteiger partial charge is 0.497 e. The summed E-state index contributed by atoms with van der Waals surface area (Å²) >= 11 is 0. The Morgan fingerprint density at radius 3 is 2.48 bits per heavy atom. The Bertz CT molecular complexity index is 470. The van der Waals surface area contributed by atoms with Crippen LogP contribution in [0.1, 0.15) is 12.8 Å². The topological polar surface area (TPSA) is 60.0 Å². The van der Waals surface area contributed by atoms with Gasteiger partial charge in [-0.3, -0.25) is 0 Å². The molecule has 2 amide bonds. The van der Waals surface area contributed by atoms with Gasteiger partial charge in [0.25, 0.3) is 0 Å². The fraction of sp³-hybridized carbons (Fsp3) is 0.588. The third-order valence-electron chi connectivity index (χ3n) is 4.03. The summed E-state index contributed by atoms with van der Waals surface area (Å²) in [5, 5.41) is 2.92. The van der Waals surface area contributed by atoms with E-state index in [4.69, 9.17) is 14.2 Å². The van der Waals surface area contributed by atoms with Gasteiger partial charge in [-0.05, 0) is 43.0 Å². The number of methoxy groups -OCH3 is 2. The van der Waals surface area contributed by atoms with Crippen LogP contribution >= 0.6 is 0 Å². The average Bonchev–Trinajstić information content (AvgIpc) is 2.60. The number of carbonyl (C=O) groups excluding carboxylic acids is 1. The standard InChI is InChI=1S/C17H26N2O4/c1-21-11-12-23-13-14-7-9-19(10-8-14)17(20)18-15-3-5-16(22-2)6-4-15/h3-6,14H,7-13H2,1-2H3,(H,18,20). The van der Waals surface area contributed by atoms with Gasteiger partial charge in [-0.25, -0.2) is 4.79 Å². The number of urea groups is 1. The molecule has 1 aliphatic rings. The SMILES string of the molecule is COCCOCC1CCN(C(=O)Nc2ccc(OC)cc2)CC1. The van der Waals surface area contributed by atoms with Crippen LogP contribution in [0.3, 0.4) is 0 Å². The number of carbonyl (C=O) groups is 1. The monoisotopic (exact) mass is 322 g/mol. The van der Waals surface area contributed by atoms with E-state index in [0.717, 1.165) is 44.0 Å². The highest BCUT2D eigenvalue weighted by Gasteiger charge is 2.22. The van der Waals surface area contributed by atoms with Crippen molar-refractivity contribution >= 4 is 11.7 Å². The molecule has 128 valence electrons. The van der Waals surface area contributed by atoms with Crippen molar-refractivity contribution in [2.45, 2.75) is 12.8 Å². The second-order valence-corrected chi connectivity index (χ2v) is 5.66. The Morgan fingerprint density at radius 1 is 1.17 bits per heavy atom. The van der Waals surface area contributed by atoms with Gasteiger partial charge < -0.3 is 24.4 Å². The lowest BCUT2D eigenvalue weighted by molar-refractivity contribution is 0.0386. The van der Waals surface area contributed by atoms with Gasteiger partial charge in [-0.1, -0.05) is 0 Å². The number of hydrogen-bond acceptors (Lipinski definition) is 4. The fourth-order valence-electron chi connectivity index (χ4n) is 2.57. The van der Waals surface area contributed by atoms with E-state index in [2.05, 4.69) is 5.32 Å². The van der Waals surface area contributed by atoms with E-state index >= 15 is 0 Å². The smallest absolute Gasteiger partial charge is 0.321 e. The number of nitrogens with one attached hydrogen (secondary N) is 1. The van der Waals surface area contributed by atoms with Crippen molar-refractivity contribution in [3.05, 3.63) is 24.3 Å². The van der Waals surface area contributed by atoms with Crippen LogP contribution in [0.2, 0.25) is 0 Å². The van der Waals surface area contributed by atoms with Crippen molar-refractivity contribution in [1.29, 1.82) is 0 Å². The molecule has 6 heteroatoms. The molecule has 1 N–H and O–H groups in total. The van der Waals surface area contributed by atoms with Gasteiger partial charge in [0.2, 0.25) is 0 Å². The van der Waals surface area contributed by atoms with Crippen LogP contribution in [0, 0.1) is 5.92 Å². The maximum atomic E-state index is 12.3. The Labute approximate surface area is 137 Å². The lowest BCUT2D eigenvalue weighted by Gasteiger charge is -2.31. The van der Waals surface area contributed by atoms with E-state index in [1.54, 1.807) is 14.2 Å². The van der Waals surface area contributed by atoms with Crippen LogP contribution in [-0.2, 0) is 9.47 Å². The molecule has 0 saturated carbocycles. The number of rotatable bonds is 7. The van der Waals surface area contributed by atoms with Gasteiger partial charge in [0.15, 0.2) is 0 Å². The van der Waals surface area contributed by atoms with Crippen LogP contribution in [0.15, 0.2) is 24.3 Å². The molecule has 1 saturated heterocycles. The van der Waals surface area contributed by atoms with Gasteiger partial charge in [-0.15, -0.1) is 0 Å². The average molecular weight is 322 g/mol. The van der Waals surface area contributed by atoms with E-state index in [-0.39, 0.29) is 6.03 Å². The highest BCUT2D eigenvalue weighted by molar-refractivity contribution is 5.89. The number of piperidine rings is 1. The molecule has 1 aromatic carbocycles. The highest BCUT2D eigenvalue weighted by Crippen LogP contribution is 2.19. The Kier molecular flexibility index (Phi) is 7.16. The molecule has 0 aliphatic carbocycles. The maximum absolute atomic E-state index is 12.3. The summed E-state index contributed by atoms with van der Waals surface area (Å²) in [7, 11) is 3.29. The van der Waals surface area contributed by atoms with Crippen LogP contribution in [0.4, 0.5) is 10.5 Å². The van der Waals surface area contributed by atoms with Crippen molar-refractivity contribution in [2.24, 2.45) is 5.92 Å². The first kappa shape index (κ1) is 17.6. The van der Waals surface area contributed by atoms with Crippen LogP contribution in [-0.4, -0.2) is 58.1 Å². The number of ether oxygens (including phenoxy) is 3. The number of nitrogens with zero attached hydrogens (tertiary/aromatic N) is 1. The lowest BCUT2D eigenvalue weighted by atomic mass is 9.98. The fourth-order valence-corrected chi connectivity index (χ4v) is 2.57. The van der Waals surface area contributed by atoms with Gasteiger partial charge in [0.05, 0.1) is 20.3 Å².